The van der Waals surface area contributed by atoms with E-state index in [9.17, 15) is 0 Å². The summed E-state index contributed by atoms with van der Waals surface area (Å²) in [6, 6.07) is 0. The van der Waals surface area contributed by atoms with Crippen molar-refractivity contribution in [3.8, 4) is 0 Å². The van der Waals surface area contributed by atoms with E-state index in [0.717, 1.165) is 21.0 Å². The Labute approximate surface area is 72.9 Å². The molecule has 0 aliphatic heterocycles. The predicted octanol–water partition coefficient (Wildman–Crippen LogP) is -0.175. The molecular weight excluding hydrogens is 207 g/mol. The molecule has 0 saturated carbocycles. The van der Waals surface area contributed by atoms with Gasteiger partial charge in [-0.05, 0) is 6.55 Å². The van der Waals surface area contributed by atoms with Gasteiger partial charge in [0.15, 0.2) is 0 Å². The van der Waals surface area contributed by atoms with Gasteiger partial charge in [0.05, 0.1) is 0 Å². The molecule has 0 atom stereocenters. The van der Waals surface area contributed by atoms with Crippen molar-refractivity contribution in [2.24, 2.45) is 0 Å². The van der Waals surface area contributed by atoms with Crippen molar-refractivity contribution in [3.63, 3.8) is 0 Å². The molecule has 0 aromatic rings. The van der Waals surface area contributed by atoms with Gasteiger partial charge in [-0.3, -0.25) is 0 Å². The van der Waals surface area contributed by atoms with Gasteiger partial charge in [0.2, 0.25) is 0 Å². The van der Waals surface area contributed by atoms with E-state index in [2.05, 4.69) is 10.7 Å². The van der Waals surface area contributed by atoms with Crippen molar-refractivity contribution in [1.29, 1.82) is 0 Å². The van der Waals surface area contributed by atoms with Gasteiger partial charge in [-0.15, -0.1) is 28.7 Å². The number of hydrogen-bond donors (Lipinski definition) is 0. The van der Waals surface area contributed by atoms with E-state index in [-0.39, 0.29) is 0 Å². The van der Waals surface area contributed by atoms with Crippen LogP contribution in [0, 0.1) is 0 Å². The van der Waals surface area contributed by atoms with Crippen molar-refractivity contribution >= 4 is 49.8 Å². The molecule has 0 saturated heterocycles. The van der Waals surface area contributed by atoms with Gasteiger partial charge in [-0.1, -0.05) is 5.70 Å². The van der Waals surface area contributed by atoms with Crippen LogP contribution in [0.3, 0.4) is 0 Å². The largest absolute Gasteiger partial charge is 0.471 e. The minimum absolute atomic E-state index is 0.931. The highest BCUT2D eigenvalue weighted by Gasteiger charge is 2.12. The molecule has 0 aromatic carbocycles. The van der Waals surface area contributed by atoms with Crippen LogP contribution in [0.25, 0.3) is 0 Å². The Balaban J connectivity index is 0. The minimum Gasteiger partial charge on any atom is -0.471 e. The minimum atomic E-state index is -1.92. The van der Waals surface area contributed by atoms with Crippen molar-refractivity contribution in [1.82, 2.24) is 0 Å². The average molecular weight is 219 g/mol. The van der Waals surface area contributed by atoms with Crippen LogP contribution in [0.1, 0.15) is 0 Å². The van der Waals surface area contributed by atoms with Crippen molar-refractivity contribution in [2.75, 3.05) is 0 Å². The van der Waals surface area contributed by atoms with Crippen molar-refractivity contribution in [2.45, 2.75) is 6.55 Å². The Morgan fingerprint density at radius 2 is 1.67 bits per heavy atom. The van der Waals surface area contributed by atoms with Crippen LogP contribution < -0.4 is 0 Å². The summed E-state index contributed by atoms with van der Waals surface area (Å²) in [5.41, 5.74) is 1.61. The highest BCUT2D eigenvalue weighted by atomic mass is 35.7. The van der Waals surface area contributed by atoms with E-state index in [1.165, 1.54) is 0 Å². The Morgan fingerprint density at radius 3 is 1.67 bits per heavy atom. The highest BCUT2D eigenvalue weighted by Crippen LogP contribution is 2.12. The van der Waals surface area contributed by atoms with Crippen LogP contribution in [-0.2, 0) is 4.12 Å². The third-order valence-electron chi connectivity index (χ3n) is 0.358. The van der Waals surface area contributed by atoms with E-state index in [1.54, 1.807) is 12.2 Å². The number of hydrogen-bond acceptors (Lipinski definition) is 1. The molecule has 0 spiro atoms. The lowest BCUT2D eigenvalue weighted by atomic mass is 11.3. The second-order valence-electron chi connectivity index (χ2n) is 1.57. The average Bonchev–Trinajstić information content (AvgIpc) is 1.67. The normalized spacial score (nSPS) is 10.1. The molecule has 0 aliphatic rings. The molecule has 56 valence electrons. The molecular formula is C3H12Cl2OSi3. The standard InChI is InChI=1S/C3H6Cl2Si.H6OSi2/c1-3-6(2,4)5;2-1-3/h3H,1H2,2H3;2-3H3. The molecule has 0 radical (unpaired) electrons. The fraction of sp³-hybridized carbons (Fsp3) is 0.333. The molecule has 1 nitrogen and oxygen atoms in total. The summed E-state index contributed by atoms with van der Waals surface area (Å²) in [7, 11) is 1.86. The molecule has 0 heterocycles. The molecule has 0 rings (SSSR count). The van der Waals surface area contributed by atoms with Crippen LogP contribution in [-0.4, -0.2) is 27.7 Å². The fourth-order valence-electron chi connectivity index (χ4n) is 0. The molecule has 0 amide bonds. The summed E-state index contributed by atoms with van der Waals surface area (Å²) in [6.45, 7) is 3.30. The zero-order chi connectivity index (χ0) is 7.91. The Bertz CT molecular complexity index is 71.9. The Kier molecular flexibility index (Phi) is 9.85. The second kappa shape index (κ2) is 7.04. The van der Waals surface area contributed by atoms with E-state index in [0.29, 0.717) is 0 Å². The van der Waals surface area contributed by atoms with Crippen LogP contribution >= 0.6 is 22.2 Å². The molecule has 0 aliphatic carbocycles. The zero-order valence-electron chi connectivity index (χ0n) is 5.95. The van der Waals surface area contributed by atoms with E-state index < -0.39 is 6.69 Å². The van der Waals surface area contributed by atoms with E-state index >= 15 is 0 Å². The Hall–Kier alpha value is 0.931. The SMILES string of the molecule is C=C[Si](C)(Cl)Cl.[SiH3]O[SiH3]. The van der Waals surface area contributed by atoms with Crippen LogP contribution in [0.15, 0.2) is 12.3 Å². The molecule has 9 heavy (non-hydrogen) atoms. The molecule has 0 unspecified atom stereocenters. The molecule has 0 bridgehead atoms. The van der Waals surface area contributed by atoms with E-state index in [1.807, 2.05) is 0 Å². The first-order chi connectivity index (χ1) is 3.97. The van der Waals surface area contributed by atoms with Gasteiger partial charge in [-0.25, -0.2) is 0 Å². The zero-order valence-corrected chi connectivity index (χ0v) is 12.5. The van der Waals surface area contributed by atoms with Crippen LogP contribution in [0.4, 0.5) is 0 Å². The summed E-state index contributed by atoms with van der Waals surface area (Å²) in [6.07, 6.45) is 0. The van der Waals surface area contributed by atoms with Gasteiger partial charge >= 0.3 is 0 Å². The van der Waals surface area contributed by atoms with Gasteiger partial charge in [0.1, 0.15) is 21.0 Å². The lowest BCUT2D eigenvalue weighted by Gasteiger charge is -1.96. The second-order valence-corrected chi connectivity index (χ2v) is 12.4. The highest BCUT2D eigenvalue weighted by molar-refractivity contribution is 7.47. The maximum absolute atomic E-state index is 5.50. The summed E-state index contributed by atoms with van der Waals surface area (Å²) in [5.74, 6) is 0. The smallest absolute Gasteiger partial charge is 0.270 e. The molecule has 6 heteroatoms. The maximum Gasteiger partial charge on any atom is 0.270 e. The third-order valence-corrected chi connectivity index (χ3v) is 2.00. The number of halogens is 2. The molecule has 0 aromatic heterocycles. The van der Waals surface area contributed by atoms with Gasteiger partial charge < -0.3 is 4.12 Å². The molecule has 0 fully saturated rings. The van der Waals surface area contributed by atoms with E-state index in [4.69, 9.17) is 22.2 Å². The Morgan fingerprint density at radius 1 is 1.56 bits per heavy atom. The first kappa shape index (κ1) is 12.6. The molecule has 0 N–H and O–H groups in total. The van der Waals surface area contributed by atoms with Gasteiger partial charge in [0, 0.05) is 0 Å². The van der Waals surface area contributed by atoms with Crippen molar-refractivity contribution < 1.29 is 4.12 Å². The summed E-state index contributed by atoms with van der Waals surface area (Å²) in [4.78, 5) is 0. The lowest BCUT2D eigenvalue weighted by Crippen LogP contribution is -2.05. The first-order valence-corrected chi connectivity index (χ1v) is 8.63. The van der Waals surface area contributed by atoms with Crippen LogP contribution in [0.5, 0.6) is 0 Å². The summed E-state index contributed by atoms with van der Waals surface area (Å²) >= 11 is 11.0. The maximum atomic E-state index is 5.50. The number of rotatable bonds is 1. The quantitative estimate of drug-likeness (QED) is 0.439. The topological polar surface area (TPSA) is 9.23 Å². The van der Waals surface area contributed by atoms with Crippen molar-refractivity contribution in [3.05, 3.63) is 12.3 Å². The van der Waals surface area contributed by atoms with Crippen LogP contribution in [0.2, 0.25) is 6.55 Å². The van der Waals surface area contributed by atoms with Gasteiger partial charge in [0.25, 0.3) is 6.69 Å². The summed E-state index contributed by atoms with van der Waals surface area (Å²) < 4.78 is 4.53. The predicted molar refractivity (Wildman–Crippen MR) is 54.5 cm³/mol. The monoisotopic (exact) mass is 218 g/mol. The third kappa shape index (κ3) is 27.8. The van der Waals surface area contributed by atoms with Gasteiger partial charge in [-0.2, -0.15) is 0 Å². The lowest BCUT2D eigenvalue weighted by molar-refractivity contribution is 0.690. The first-order valence-electron chi connectivity index (χ1n) is 2.39. The fourth-order valence-corrected chi connectivity index (χ4v) is 0. The summed E-state index contributed by atoms with van der Waals surface area (Å²) in [5, 5.41) is 0.